The Morgan fingerprint density at radius 2 is 2.04 bits per heavy atom. The van der Waals surface area contributed by atoms with Crippen molar-refractivity contribution in [3.05, 3.63) is 29.3 Å². The van der Waals surface area contributed by atoms with Gasteiger partial charge in [0.25, 0.3) is 0 Å². The van der Waals surface area contributed by atoms with Crippen LogP contribution in [0.5, 0.6) is 0 Å². The fraction of sp³-hybridized carbons (Fsp3) is 0.471. The molecule has 146 valence electrons. The summed E-state index contributed by atoms with van der Waals surface area (Å²) in [5, 5.41) is 9.77. The van der Waals surface area contributed by atoms with E-state index in [0.717, 1.165) is 11.4 Å². The Morgan fingerprint density at radius 3 is 2.63 bits per heavy atom. The lowest BCUT2D eigenvalue weighted by Crippen LogP contribution is -2.38. The molecule has 27 heavy (non-hydrogen) atoms. The maximum Gasteiger partial charge on any atom is 0.233 e. The minimum atomic E-state index is -3.02. The number of carbonyl (C=O) groups is 1. The molecule has 0 saturated carbocycles. The summed E-state index contributed by atoms with van der Waals surface area (Å²) >= 11 is 7.24. The molecule has 0 N–H and O–H groups in total. The summed E-state index contributed by atoms with van der Waals surface area (Å²) in [6, 6.07) is 7.12. The van der Waals surface area contributed by atoms with Gasteiger partial charge in [-0.15, -0.1) is 10.2 Å². The van der Waals surface area contributed by atoms with Crippen LogP contribution in [0.3, 0.4) is 0 Å². The van der Waals surface area contributed by atoms with Crippen LogP contribution in [-0.4, -0.2) is 64.3 Å². The highest BCUT2D eigenvalue weighted by Crippen LogP contribution is 2.26. The molecule has 2 heterocycles. The highest BCUT2D eigenvalue weighted by atomic mass is 35.5. The Morgan fingerprint density at radius 1 is 1.33 bits per heavy atom. The number of rotatable bonds is 6. The SMILES string of the molecule is CCn1c(SCC(=O)N(C)C2CCS(=O)(=O)C2)nnc1-c1ccc(Cl)cc1. The number of benzene rings is 1. The standard InChI is InChI=1S/C17H21ClN4O3S2/c1-3-22-16(12-4-6-13(18)7-5-12)19-20-17(22)26-10-15(23)21(2)14-8-9-27(24,25)11-14/h4-7,14H,3,8-11H2,1-2H3. The Hall–Kier alpha value is -1.58. The van der Waals surface area contributed by atoms with Gasteiger partial charge in [-0.2, -0.15) is 0 Å². The van der Waals surface area contributed by atoms with Gasteiger partial charge in [-0.25, -0.2) is 8.42 Å². The molecule has 1 aromatic carbocycles. The van der Waals surface area contributed by atoms with Crippen molar-refractivity contribution < 1.29 is 13.2 Å². The number of aromatic nitrogens is 3. The van der Waals surface area contributed by atoms with Gasteiger partial charge in [-0.1, -0.05) is 23.4 Å². The van der Waals surface area contributed by atoms with Gasteiger partial charge < -0.3 is 9.47 Å². The topological polar surface area (TPSA) is 85.2 Å². The van der Waals surface area contributed by atoms with Gasteiger partial charge >= 0.3 is 0 Å². The first kappa shape index (κ1) is 20.2. The minimum absolute atomic E-state index is 0.0474. The van der Waals surface area contributed by atoms with E-state index in [0.29, 0.717) is 23.1 Å². The van der Waals surface area contributed by atoms with Gasteiger partial charge in [0.15, 0.2) is 20.8 Å². The number of amides is 1. The molecule has 3 rings (SSSR count). The second kappa shape index (κ2) is 8.20. The smallest absolute Gasteiger partial charge is 0.233 e. The van der Waals surface area contributed by atoms with Crippen LogP contribution in [-0.2, 0) is 21.2 Å². The molecular weight excluding hydrogens is 408 g/mol. The first-order valence-electron chi connectivity index (χ1n) is 8.58. The molecule has 0 spiro atoms. The Balaban J connectivity index is 1.67. The lowest BCUT2D eigenvalue weighted by molar-refractivity contribution is -0.128. The molecule has 1 amide bonds. The summed E-state index contributed by atoms with van der Waals surface area (Å²) < 4.78 is 25.2. The third-order valence-corrected chi connectivity index (χ3v) is 7.56. The number of hydrogen-bond donors (Lipinski definition) is 0. The summed E-state index contributed by atoms with van der Waals surface area (Å²) in [7, 11) is -1.35. The van der Waals surface area contributed by atoms with Crippen LogP contribution in [0.15, 0.2) is 29.4 Å². The van der Waals surface area contributed by atoms with Crippen LogP contribution >= 0.6 is 23.4 Å². The number of thioether (sulfide) groups is 1. The van der Waals surface area contributed by atoms with E-state index in [1.165, 1.54) is 11.8 Å². The maximum atomic E-state index is 12.5. The molecule has 1 aromatic heterocycles. The molecule has 1 saturated heterocycles. The Labute approximate surface area is 168 Å². The zero-order valence-electron chi connectivity index (χ0n) is 15.1. The number of sulfone groups is 1. The first-order chi connectivity index (χ1) is 12.8. The van der Waals surface area contributed by atoms with Crippen molar-refractivity contribution in [2.45, 2.75) is 31.1 Å². The fourth-order valence-corrected chi connectivity index (χ4v) is 5.83. The number of hydrogen-bond acceptors (Lipinski definition) is 6. The van der Waals surface area contributed by atoms with Gasteiger partial charge in [-0.3, -0.25) is 4.79 Å². The largest absolute Gasteiger partial charge is 0.341 e. The van der Waals surface area contributed by atoms with Crippen LogP contribution in [0, 0.1) is 0 Å². The number of carbonyl (C=O) groups excluding carboxylic acids is 1. The van der Waals surface area contributed by atoms with Crippen molar-refractivity contribution in [2.24, 2.45) is 0 Å². The maximum absolute atomic E-state index is 12.5. The molecule has 0 bridgehead atoms. The van der Waals surface area contributed by atoms with Gasteiger partial charge in [0.05, 0.1) is 17.3 Å². The minimum Gasteiger partial charge on any atom is -0.341 e. The first-order valence-corrected chi connectivity index (χ1v) is 11.8. The van der Waals surface area contributed by atoms with E-state index >= 15 is 0 Å². The molecule has 1 atom stereocenters. The summed E-state index contributed by atoms with van der Waals surface area (Å²) in [4.78, 5) is 14.0. The van der Waals surface area contributed by atoms with Crippen LogP contribution in [0.2, 0.25) is 5.02 Å². The van der Waals surface area contributed by atoms with Crippen LogP contribution in [0.25, 0.3) is 11.4 Å². The predicted molar refractivity (Wildman–Crippen MR) is 107 cm³/mol. The van der Waals surface area contributed by atoms with Crippen LogP contribution < -0.4 is 0 Å². The van der Waals surface area contributed by atoms with E-state index in [1.807, 2.05) is 23.6 Å². The van der Waals surface area contributed by atoms with Crippen molar-refractivity contribution in [1.82, 2.24) is 19.7 Å². The molecule has 2 aromatic rings. The molecule has 7 nitrogen and oxygen atoms in total. The zero-order valence-corrected chi connectivity index (χ0v) is 17.5. The van der Waals surface area contributed by atoms with E-state index in [9.17, 15) is 13.2 Å². The van der Waals surface area contributed by atoms with E-state index in [1.54, 1.807) is 24.1 Å². The van der Waals surface area contributed by atoms with Gasteiger partial charge in [0.1, 0.15) is 0 Å². The van der Waals surface area contributed by atoms with Crippen LogP contribution in [0.1, 0.15) is 13.3 Å². The zero-order chi connectivity index (χ0) is 19.6. The highest BCUT2D eigenvalue weighted by Gasteiger charge is 2.32. The van der Waals surface area contributed by atoms with Crippen molar-refractivity contribution in [1.29, 1.82) is 0 Å². The molecule has 1 aliphatic heterocycles. The van der Waals surface area contributed by atoms with Crippen molar-refractivity contribution in [3.8, 4) is 11.4 Å². The lowest BCUT2D eigenvalue weighted by atomic mass is 10.2. The second-order valence-electron chi connectivity index (χ2n) is 6.41. The normalized spacial score (nSPS) is 18.6. The average molecular weight is 429 g/mol. The molecule has 1 unspecified atom stereocenters. The van der Waals surface area contributed by atoms with Gasteiger partial charge in [0.2, 0.25) is 5.91 Å². The second-order valence-corrected chi connectivity index (χ2v) is 10.0. The van der Waals surface area contributed by atoms with Crippen molar-refractivity contribution in [3.63, 3.8) is 0 Å². The van der Waals surface area contributed by atoms with E-state index in [-0.39, 0.29) is 29.2 Å². The third kappa shape index (κ3) is 4.64. The van der Waals surface area contributed by atoms with Gasteiger partial charge in [-0.05, 0) is 37.6 Å². The molecule has 10 heteroatoms. The Bertz CT molecular complexity index is 928. The van der Waals surface area contributed by atoms with E-state index in [4.69, 9.17) is 11.6 Å². The molecule has 1 aliphatic rings. The summed E-state index contributed by atoms with van der Waals surface area (Å²) in [5.74, 6) is 0.995. The highest BCUT2D eigenvalue weighted by molar-refractivity contribution is 7.99. The van der Waals surface area contributed by atoms with E-state index < -0.39 is 9.84 Å². The number of nitrogens with zero attached hydrogens (tertiary/aromatic N) is 4. The predicted octanol–water partition coefficient (Wildman–Crippen LogP) is 2.36. The molecular formula is C17H21ClN4O3S2. The fourth-order valence-electron chi connectivity index (χ4n) is 3.01. The molecule has 1 fully saturated rings. The van der Waals surface area contributed by atoms with E-state index in [2.05, 4.69) is 10.2 Å². The summed E-state index contributed by atoms with van der Waals surface area (Å²) in [6.45, 7) is 2.66. The van der Waals surface area contributed by atoms with Gasteiger partial charge in [0, 0.05) is 30.2 Å². The van der Waals surface area contributed by atoms with Crippen molar-refractivity contribution >= 4 is 39.1 Å². The molecule has 0 radical (unpaired) electrons. The van der Waals surface area contributed by atoms with Crippen molar-refractivity contribution in [2.75, 3.05) is 24.3 Å². The van der Waals surface area contributed by atoms with Crippen LogP contribution in [0.4, 0.5) is 0 Å². The lowest BCUT2D eigenvalue weighted by Gasteiger charge is -2.23. The monoisotopic (exact) mass is 428 g/mol. The summed E-state index contributed by atoms with van der Waals surface area (Å²) in [6.07, 6.45) is 0.501. The molecule has 0 aliphatic carbocycles. The Kier molecular flexibility index (Phi) is 6.12. The quantitative estimate of drug-likeness (QED) is 0.656. The summed E-state index contributed by atoms with van der Waals surface area (Å²) in [5.41, 5.74) is 0.903. The third-order valence-electron chi connectivity index (χ3n) is 4.61. The average Bonchev–Trinajstić information content (AvgIpc) is 3.22. The number of halogens is 1.